The summed E-state index contributed by atoms with van der Waals surface area (Å²) in [5, 5.41) is 16.0. The van der Waals surface area contributed by atoms with Gasteiger partial charge in [0.05, 0.1) is 11.1 Å². The zero-order chi connectivity index (χ0) is 22.9. The molecule has 1 amide bonds. The second kappa shape index (κ2) is 8.71. The lowest BCUT2D eigenvalue weighted by Gasteiger charge is -2.31. The Kier molecular flexibility index (Phi) is 5.98. The topological polar surface area (TPSA) is 93.6 Å². The first kappa shape index (κ1) is 22.0. The molecule has 32 heavy (non-hydrogen) atoms. The number of alkyl halides is 3. The second-order valence-electron chi connectivity index (χ2n) is 7.81. The van der Waals surface area contributed by atoms with Crippen molar-refractivity contribution in [2.75, 3.05) is 5.32 Å². The minimum absolute atomic E-state index is 0.138. The van der Waals surface area contributed by atoms with Crippen molar-refractivity contribution in [1.29, 1.82) is 5.26 Å². The molecular formula is C22H19ClF3N5O. The number of nitrogens with zero attached hydrogens (tertiary/aromatic N) is 2. The van der Waals surface area contributed by atoms with E-state index in [1.54, 1.807) is 6.07 Å². The van der Waals surface area contributed by atoms with E-state index in [0.717, 1.165) is 25.3 Å². The quantitative estimate of drug-likeness (QED) is 0.494. The van der Waals surface area contributed by atoms with Crippen LogP contribution in [-0.4, -0.2) is 28.0 Å². The van der Waals surface area contributed by atoms with Gasteiger partial charge >= 0.3 is 6.18 Å². The summed E-state index contributed by atoms with van der Waals surface area (Å²) in [4.78, 5) is 18.9. The molecule has 1 fully saturated rings. The zero-order valence-corrected chi connectivity index (χ0v) is 17.5. The number of anilines is 1. The number of aromatic amines is 1. The number of fused-ring (bicyclic) bond motifs is 1. The maximum atomic E-state index is 13.4. The summed E-state index contributed by atoms with van der Waals surface area (Å²) in [5.41, 5.74) is 0.193. The monoisotopic (exact) mass is 461 g/mol. The Hall–Kier alpha value is -3.25. The Labute approximate surface area is 186 Å². The molecule has 6 nitrogen and oxygen atoms in total. The molecule has 2 atom stereocenters. The molecule has 0 spiro atoms. The highest BCUT2D eigenvalue weighted by molar-refractivity contribution is 6.31. The first-order valence-electron chi connectivity index (χ1n) is 10.1. The number of carbonyl (C=O) groups excluding carboxylic acids is 1. The van der Waals surface area contributed by atoms with Gasteiger partial charge < -0.3 is 15.6 Å². The fraction of sp³-hybridized carbons (Fsp3) is 0.318. The van der Waals surface area contributed by atoms with E-state index in [-0.39, 0.29) is 23.5 Å². The molecule has 0 saturated heterocycles. The summed E-state index contributed by atoms with van der Waals surface area (Å²) in [6.07, 6.45) is -0.247. The summed E-state index contributed by atoms with van der Waals surface area (Å²) in [6, 6.07) is 8.69. The number of carbonyl (C=O) groups is 1. The Bertz CT molecular complexity index is 1200. The van der Waals surface area contributed by atoms with E-state index in [0.29, 0.717) is 33.8 Å². The maximum Gasteiger partial charge on any atom is 0.433 e. The number of aromatic nitrogens is 2. The Morgan fingerprint density at radius 1 is 1.22 bits per heavy atom. The molecule has 2 heterocycles. The van der Waals surface area contributed by atoms with Crippen molar-refractivity contribution < 1.29 is 18.0 Å². The first-order chi connectivity index (χ1) is 15.2. The van der Waals surface area contributed by atoms with Crippen LogP contribution < -0.4 is 10.6 Å². The lowest BCUT2D eigenvalue weighted by molar-refractivity contribution is -0.140. The molecular weight excluding hydrogens is 443 g/mol. The van der Waals surface area contributed by atoms with Gasteiger partial charge in [-0.25, -0.2) is 4.98 Å². The molecule has 166 valence electrons. The van der Waals surface area contributed by atoms with Crippen LogP contribution in [0.15, 0.2) is 36.5 Å². The largest absolute Gasteiger partial charge is 0.433 e. The van der Waals surface area contributed by atoms with Gasteiger partial charge in [0.1, 0.15) is 17.5 Å². The van der Waals surface area contributed by atoms with Crippen molar-refractivity contribution in [2.24, 2.45) is 0 Å². The third-order valence-corrected chi connectivity index (χ3v) is 5.73. The number of pyridine rings is 1. The fourth-order valence-corrected chi connectivity index (χ4v) is 4.17. The summed E-state index contributed by atoms with van der Waals surface area (Å²) in [5.74, 6) is -0.297. The number of nitriles is 1. The normalized spacial score (nSPS) is 18.8. The third kappa shape index (κ3) is 4.81. The molecule has 10 heteroatoms. The first-order valence-corrected chi connectivity index (χ1v) is 10.4. The van der Waals surface area contributed by atoms with Crippen LogP contribution in [0.4, 0.5) is 18.9 Å². The van der Waals surface area contributed by atoms with Gasteiger partial charge in [-0.1, -0.05) is 11.6 Å². The average molecular weight is 462 g/mol. The van der Waals surface area contributed by atoms with Gasteiger partial charge in [0.2, 0.25) is 0 Å². The highest BCUT2D eigenvalue weighted by Gasteiger charge is 2.34. The van der Waals surface area contributed by atoms with Gasteiger partial charge in [0.25, 0.3) is 5.91 Å². The van der Waals surface area contributed by atoms with E-state index in [1.807, 2.05) is 6.07 Å². The van der Waals surface area contributed by atoms with Gasteiger partial charge in [-0.05, 0) is 56.0 Å². The molecule has 0 unspecified atom stereocenters. The Morgan fingerprint density at radius 3 is 2.72 bits per heavy atom. The molecule has 0 bridgehead atoms. The van der Waals surface area contributed by atoms with Crippen LogP contribution in [0.3, 0.4) is 0 Å². The Morgan fingerprint density at radius 2 is 2.00 bits per heavy atom. The molecule has 2 aromatic heterocycles. The van der Waals surface area contributed by atoms with E-state index in [1.165, 1.54) is 24.4 Å². The van der Waals surface area contributed by atoms with Crippen LogP contribution in [0.2, 0.25) is 5.02 Å². The molecule has 1 aliphatic carbocycles. The van der Waals surface area contributed by atoms with E-state index < -0.39 is 11.9 Å². The summed E-state index contributed by atoms with van der Waals surface area (Å²) in [7, 11) is 0. The van der Waals surface area contributed by atoms with Crippen molar-refractivity contribution in [1.82, 2.24) is 15.3 Å². The fourth-order valence-electron chi connectivity index (χ4n) is 3.99. The van der Waals surface area contributed by atoms with E-state index in [2.05, 4.69) is 20.6 Å². The minimum atomic E-state index is -4.58. The standard InChI is InChI=1S/C22H19ClF3N5O/c23-13-4-5-18-17(7-13)19(9-20(31-18)22(24,25)26)29-14-2-1-3-15(8-14)30-21(32)12-6-16(10-27)28-11-12/h4-7,9,11,14-15,28H,1-3,8H2,(H,29,31)(H,30,32)/t14-,15+/m0/s1. The molecule has 1 aliphatic rings. The van der Waals surface area contributed by atoms with Gasteiger partial charge in [0, 0.05) is 34.4 Å². The summed E-state index contributed by atoms with van der Waals surface area (Å²) in [6.45, 7) is 0. The van der Waals surface area contributed by atoms with Gasteiger partial charge in [0.15, 0.2) is 0 Å². The molecule has 0 aliphatic heterocycles. The second-order valence-corrected chi connectivity index (χ2v) is 8.24. The molecule has 3 N–H and O–H groups in total. The highest BCUT2D eigenvalue weighted by atomic mass is 35.5. The number of rotatable bonds is 4. The van der Waals surface area contributed by atoms with Crippen LogP contribution in [0, 0.1) is 11.3 Å². The predicted molar refractivity (Wildman–Crippen MR) is 114 cm³/mol. The van der Waals surface area contributed by atoms with Crippen LogP contribution in [0.1, 0.15) is 47.4 Å². The van der Waals surface area contributed by atoms with Crippen LogP contribution in [-0.2, 0) is 6.18 Å². The minimum Gasteiger partial charge on any atom is -0.382 e. The molecule has 1 saturated carbocycles. The lowest BCUT2D eigenvalue weighted by Crippen LogP contribution is -2.41. The molecule has 1 aromatic carbocycles. The number of benzene rings is 1. The molecule has 3 aromatic rings. The smallest absolute Gasteiger partial charge is 0.382 e. The number of halogens is 4. The van der Waals surface area contributed by atoms with E-state index in [4.69, 9.17) is 16.9 Å². The Balaban J connectivity index is 1.53. The van der Waals surface area contributed by atoms with Crippen LogP contribution >= 0.6 is 11.6 Å². The zero-order valence-electron chi connectivity index (χ0n) is 16.8. The number of H-pyrrole nitrogens is 1. The van der Waals surface area contributed by atoms with Gasteiger partial charge in [-0.2, -0.15) is 18.4 Å². The summed E-state index contributed by atoms with van der Waals surface area (Å²) >= 11 is 6.07. The predicted octanol–water partition coefficient (Wildman–Crippen LogP) is 5.26. The number of nitrogens with one attached hydrogen (secondary N) is 3. The number of amides is 1. The molecule has 0 radical (unpaired) electrons. The van der Waals surface area contributed by atoms with Gasteiger partial charge in [-0.3, -0.25) is 4.79 Å². The SMILES string of the molecule is N#Cc1cc(C(=O)N[C@@H]2CCC[C@H](Nc3cc(C(F)(F)F)nc4ccc(Cl)cc34)C2)c[nH]1. The van der Waals surface area contributed by atoms with Crippen LogP contribution in [0.25, 0.3) is 10.9 Å². The van der Waals surface area contributed by atoms with E-state index >= 15 is 0 Å². The van der Waals surface area contributed by atoms with Crippen molar-refractivity contribution in [3.8, 4) is 6.07 Å². The highest BCUT2D eigenvalue weighted by Crippen LogP contribution is 2.35. The number of hydrogen-bond acceptors (Lipinski definition) is 4. The average Bonchev–Trinajstić information content (AvgIpc) is 3.23. The lowest BCUT2D eigenvalue weighted by atomic mass is 9.90. The van der Waals surface area contributed by atoms with Crippen molar-refractivity contribution in [3.05, 3.63) is 58.5 Å². The summed E-state index contributed by atoms with van der Waals surface area (Å²) < 4.78 is 40.1. The van der Waals surface area contributed by atoms with Gasteiger partial charge in [-0.15, -0.1) is 0 Å². The van der Waals surface area contributed by atoms with Crippen molar-refractivity contribution in [2.45, 2.75) is 43.9 Å². The van der Waals surface area contributed by atoms with Crippen molar-refractivity contribution >= 4 is 34.1 Å². The number of hydrogen-bond donors (Lipinski definition) is 3. The van der Waals surface area contributed by atoms with Crippen molar-refractivity contribution in [3.63, 3.8) is 0 Å². The third-order valence-electron chi connectivity index (χ3n) is 5.50. The van der Waals surface area contributed by atoms with E-state index in [9.17, 15) is 18.0 Å². The maximum absolute atomic E-state index is 13.4. The molecule has 4 rings (SSSR count). The van der Waals surface area contributed by atoms with Crippen LogP contribution in [0.5, 0.6) is 0 Å².